The molecule has 96 valence electrons. The van der Waals surface area contributed by atoms with Gasteiger partial charge in [-0.25, -0.2) is 4.79 Å². The quantitative estimate of drug-likeness (QED) is 0.590. The number of aryl methyl sites for hydroxylation is 1. The Hall–Kier alpha value is -2.10. The van der Waals surface area contributed by atoms with Gasteiger partial charge in [-0.05, 0) is 23.6 Å². The van der Waals surface area contributed by atoms with E-state index < -0.39 is 5.97 Å². The van der Waals surface area contributed by atoms with Gasteiger partial charge in [0.15, 0.2) is 0 Å². The van der Waals surface area contributed by atoms with Gasteiger partial charge in [0, 0.05) is 12.5 Å². The Balaban J connectivity index is 2.76. The molecule has 0 saturated heterocycles. The highest BCUT2D eigenvalue weighted by atomic mass is 16.5. The molecule has 0 N–H and O–H groups in total. The Morgan fingerprint density at radius 1 is 1.17 bits per heavy atom. The molecule has 0 fully saturated rings. The van der Waals surface area contributed by atoms with Crippen molar-refractivity contribution in [1.29, 1.82) is 0 Å². The maximum absolute atomic E-state index is 11.1. The smallest absolute Gasteiger partial charge is 0.330 e. The van der Waals surface area contributed by atoms with Crippen molar-refractivity contribution in [3.05, 3.63) is 41.5 Å². The van der Waals surface area contributed by atoms with Crippen LogP contribution in [0.1, 0.15) is 17.5 Å². The van der Waals surface area contributed by atoms with E-state index in [9.17, 15) is 9.59 Å². The first-order chi connectivity index (χ1) is 8.67. The molecule has 0 aliphatic rings. The van der Waals surface area contributed by atoms with Crippen LogP contribution in [0.5, 0.6) is 0 Å². The van der Waals surface area contributed by atoms with Crippen LogP contribution in [-0.2, 0) is 25.5 Å². The maximum atomic E-state index is 11.1. The Kier molecular flexibility index (Phi) is 5.64. The lowest BCUT2D eigenvalue weighted by Crippen LogP contribution is -2.02. The van der Waals surface area contributed by atoms with E-state index in [2.05, 4.69) is 9.47 Å². The Morgan fingerprint density at radius 2 is 1.89 bits per heavy atom. The molecule has 0 radical (unpaired) electrons. The van der Waals surface area contributed by atoms with E-state index in [1.165, 1.54) is 20.3 Å². The summed E-state index contributed by atoms with van der Waals surface area (Å²) in [6.45, 7) is 0. The summed E-state index contributed by atoms with van der Waals surface area (Å²) in [6.07, 6.45) is 3.93. The van der Waals surface area contributed by atoms with E-state index in [0.29, 0.717) is 12.8 Å². The van der Waals surface area contributed by atoms with Gasteiger partial charge in [0.1, 0.15) is 0 Å². The molecule has 0 atom stereocenters. The lowest BCUT2D eigenvalue weighted by Gasteiger charge is -2.04. The minimum Gasteiger partial charge on any atom is -0.469 e. The first-order valence-corrected chi connectivity index (χ1v) is 5.58. The molecule has 0 spiro atoms. The van der Waals surface area contributed by atoms with E-state index in [4.69, 9.17) is 0 Å². The Bertz CT molecular complexity index is 449. The number of methoxy groups -OCH3 is 2. The highest BCUT2D eigenvalue weighted by Crippen LogP contribution is 2.13. The minimum atomic E-state index is -0.405. The van der Waals surface area contributed by atoms with Gasteiger partial charge in [-0.1, -0.05) is 24.3 Å². The average Bonchev–Trinajstić information content (AvgIpc) is 2.42. The van der Waals surface area contributed by atoms with Gasteiger partial charge >= 0.3 is 11.9 Å². The molecule has 1 aromatic rings. The van der Waals surface area contributed by atoms with Gasteiger partial charge < -0.3 is 9.47 Å². The molecule has 0 saturated carbocycles. The number of hydrogen-bond donors (Lipinski definition) is 0. The van der Waals surface area contributed by atoms with Crippen LogP contribution in [0.25, 0.3) is 6.08 Å². The first kappa shape index (κ1) is 14.0. The van der Waals surface area contributed by atoms with Crippen LogP contribution in [0.4, 0.5) is 0 Å². The third-order valence-corrected chi connectivity index (χ3v) is 2.48. The van der Waals surface area contributed by atoms with E-state index in [-0.39, 0.29) is 5.97 Å². The minimum absolute atomic E-state index is 0.248. The van der Waals surface area contributed by atoms with Crippen molar-refractivity contribution in [2.75, 3.05) is 14.2 Å². The molecule has 0 bridgehead atoms. The highest BCUT2D eigenvalue weighted by Gasteiger charge is 2.04. The molecule has 1 rings (SSSR count). The van der Waals surface area contributed by atoms with Gasteiger partial charge in [0.05, 0.1) is 14.2 Å². The van der Waals surface area contributed by atoms with Crippen molar-refractivity contribution < 1.29 is 19.1 Å². The third kappa shape index (κ3) is 4.41. The average molecular weight is 248 g/mol. The monoisotopic (exact) mass is 248 g/mol. The second kappa shape index (κ2) is 7.27. The van der Waals surface area contributed by atoms with Crippen LogP contribution in [0.3, 0.4) is 0 Å². The zero-order chi connectivity index (χ0) is 13.4. The summed E-state index contributed by atoms with van der Waals surface area (Å²) in [7, 11) is 2.70. The number of hydrogen-bond acceptors (Lipinski definition) is 4. The van der Waals surface area contributed by atoms with Gasteiger partial charge in [0.25, 0.3) is 0 Å². The second-order valence-corrected chi connectivity index (χ2v) is 3.63. The van der Waals surface area contributed by atoms with Crippen LogP contribution in [-0.4, -0.2) is 26.2 Å². The SMILES string of the molecule is COC(=O)C=Cc1ccccc1CCC(=O)OC. The van der Waals surface area contributed by atoms with Gasteiger partial charge in [-0.3, -0.25) is 4.79 Å². The lowest BCUT2D eigenvalue weighted by molar-refractivity contribution is -0.140. The summed E-state index contributed by atoms with van der Waals surface area (Å²) in [5.41, 5.74) is 1.88. The standard InChI is InChI=1S/C14H16O4/c1-17-13(15)9-7-11-5-3-4-6-12(11)8-10-14(16)18-2/h3-7,9H,8,10H2,1-2H3. The Morgan fingerprint density at radius 3 is 2.56 bits per heavy atom. The molecular weight excluding hydrogens is 232 g/mol. The van der Waals surface area contributed by atoms with Crippen LogP contribution >= 0.6 is 0 Å². The fraction of sp³-hybridized carbons (Fsp3) is 0.286. The summed E-state index contributed by atoms with van der Waals surface area (Å²) >= 11 is 0. The van der Waals surface area contributed by atoms with Crippen LogP contribution in [0.15, 0.2) is 30.3 Å². The van der Waals surface area contributed by atoms with Crippen LogP contribution < -0.4 is 0 Å². The first-order valence-electron chi connectivity index (χ1n) is 5.58. The largest absolute Gasteiger partial charge is 0.469 e. The van der Waals surface area contributed by atoms with Crippen molar-refractivity contribution in [2.45, 2.75) is 12.8 Å². The third-order valence-electron chi connectivity index (χ3n) is 2.48. The van der Waals surface area contributed by atoms with E-state index >= 15 is 0 Å². The molecule has 4 nitrogen and oxygen atoms in total. The summed E-state index contributed by atoms with van der Waals surface area (Å²) in [5, 5.41) is 0. The van der Waals surface area contributed by atoms with E-state index in [0.717, 1.165) is 11.1 Å². The van der Waals surface area contributed by atoms with Crippen molar-refractivity contribution in [2.24, 2.45) is 0 Å². The van der Waals surface area contributed by atoms with Crippen molar-refractivity contribution in [3.8, 4) is 0 Å². The maximum Gasteiger partial charge on any atom is 0.330 e. The summed E-state index contributed by atoms with van der Waals surface area (Å²) in [6, 6.07) is 7.56. The number of rotatable bonds is 5. The van der Waals surface area contributed by atoms with E-state index in [1.54, 1.807) is 6.08 Å². The zero-order valence-electron chi connectivity index (χ0n) is 10.5. The number of esters is 2. The fourth-order valence-electron chi connectivity index (χ4n) is 1.49. The molecule has 1 aromatic carbocycles. The van der Waals surface area contributed by atoms with Crippen molar-refractivity contribution in [3.63, 3.8) is 0 Å². The fourth-order valence-corrected chi connectivity index (χ4v) is 1.49. The molecule has 0 aliphatic carbocycles. The van der Waals surface area contributed by atoms with Crippen molar-refractivity contribution in [1.82, 2.24) is 0 Å². The summed E-state index contributed by atoms with van der Waals surface area (Å²) in [4.78, 5) is 22.1. The Labute approximate surface area is 106 Å². The molecule has 0 aliphatic heterocycles. The van der Waals surface area contributed by atoms with Gasteiger partial charge in [-0.15, -0.1) is 0 Å². The number of carbonyl (C=O) groups excluding carboxylic acids is 2. The number of benzene rings is 1. The van der Waals surface area contributed by atoms with Crippen LogP contribution in [0.2, 0.25) is 0 Å². The predicted molar refractivity (Wildman–Crippen MR) is 67.8 cm³/mol. The number of ether oxygens (including phenoxy) is 2. The van der Waals surface area contributed by atoms with Crippen LogP contribution in [0, 0.1) is 0 Å². The molecule has 0 heterocycles. The summed E-state index contributed by atoms with van der Waals surface area (Å²) < 4.78 is 9.12. The van der Waals surface area contributed by atoms with E-state index in [1.807, 2.05) is 24.3 Å². The molecular formula is C14H16O4. The summed E-state index contributed by atoms with van der Waals surface area (Å²) in [5.74, 6) is -0.653. The number of carbonyl (C=O) groups is 2. The van der Waals surface area contributed by atoms with Crippen molar-refractivity contribution >= 4 is 18.0 Å². The van der Waals surface area contributed by atoms with Gasteiger partial charge in [-0.2, -0.15) is 0 Å². The topological polar surface area (TPSA) is 52.6 Å². The van der Waals surface area contributed by atoms with Gasteiger partial charge in [0.2, 0.25) is 0 Å². The molecule has 4 heteroatoms. The highest BCUT2D eigenvalue weighted by molar-refractivity contribution is 5.87. The lowest BCUT2D eigenvalue weighted by atomic mass is 10.0. The second-order valence-electron chi connectivity index (χ2n) is 3.63. The predicted octanol–water partition coefficient (Wildman–Crippen LogP) is 1.98. The normalized spacial score (nSPS) is 10.3. The molecule has 18 heavy (non-hydrogen) atoms. The zero-order valence-corrected chi connectivity index (χ0v) is 10.5. The molecule has 0 unspecified atom stereocenters. The molecule has 0 aromatic heterocycles. The molecule has 0 amide bonds.